The second-order valence-electron chi connectivity index (χ2n) is 8.42. The molecule has 0 unspecified atom stereocenters. The number of benzene rings is 1. The van der Waals surface area contributed by atoms with Crippen molar-refractivity contribution in [1.82, 2.24) is 9.55 Å². The number of rotatable bonds is 5. The van der Waals surface area contributed by atoms with Gasteiger partial charge in [0, 0.05) is 30.4 Å². The molecule has 1 aliphatic rings. The first-order valence-electron chi connectivity index (χ1n) is 10.5. The number of pyridine rings is 1. The molecule has 1 aromatic carbocycles. The van der Waals surface area contributed by atoms with E-state index in [2.05, 4.69) is 54.9 Å². The number of aromatic nitrogens is 2. The number of hydrogen-bond donors (Lipinski definition) is 1. The van der Waals surface area contributed by atoms with Crippen molar-refractivity contribution in [2.45, 2.75) is 52.5 Å². The summed E-state index contributed by atoms with van der Waals surface area (Å²) in [5.74, 6) is -0.596. The van der Waals surface area contributed by atoms with Gasteiger partial charge in [-0.05, 0) is 61.9 Å². The summed E-state index contributed by atoms with van der Waals surface area (Å²) in [6.45, 7) is 8.98. The molecule has 3 heterocycles. The molecular formula is C24H29N3O2. The zero-order valence-electron chi connectivity index (χ0n) is 17.5. The van der Waals surface area contributed by atoms with Crippen molar-refractivity contribution in [2.24, 2.45) is 0 Å². The van der Waals surface area contributed by atoms with Crippen LogP contribution in [0.2, 0.25) is 0 Å². The molecule has 0 amide bonds. The van der Waals surface area contributed by atoms with Crippen molar-refractivity contribution < 1.29 is 9.90 Å². The second kappa shape index (κ2) is 7.90. The van der Waals surface area contributed by atoms with Crippen molar-refractivity contribution in [3.05, 3.63) is 59.0 Å². The Morgan fingerprint density at radius 2 is 1.90 bits per heavy atom. The molecule has 0 spiro atoms. The van der Waals surface area contributed by atoms with Crippen LogP contribution in [0.4, 0.5) is 5.69 Å². The Bertz CT molecular complexity index is 1050. The van der Waals surface area contributed by atoms with Crippen LogP contribution < -0.4 is 4.90 Å². The van der Waals surface area contributed by atoms with Gasteiger partial charge in [0.2, 0.25) is 0 Å². The molecule has 0 saturated carbocycles. The lowest BCUT2D eigenvalue weighted by Crippen LogP contribution is -2.29. The van der Waals surface area contributed by atoms with Gasteiger partial charge >= 0.3 is 5.97 Å². The fourth-order valence-corrected chi connectivity index (χ4v) is 4.45. The second-order valence-corrected chi connectivity index (χ2v) is 8.42. The van der Waals surface area contributed by atoms with Crippen molar-refractivity contribution >= 4 is 22.6 Å². The Kier molecular flexibility index (Phi) is 5.31. The van der Waals surface area contributed by atoms with Gasteiger partial charge < -0.3 is 14.6 Å². The Balaban J connectivity index is 1.79. The molecule has 0 atom stereocenters. The van der Waals surface area contributed by atoms with Crippen molar-refractivity contribution in [3.8, 4) is 0 Å². The van der Waals surface area contributed by atoms with E-state index in [4.69, 9.17) is 0 Å². The Labute approximate surface area is 172 Å². The average molecular weight is 392 g/mol. The minimum Gasteiger partial charge on any atom is -0.477 e. The molecule has 1 saturated heterocycles. The average Bonchev–Trinajstić information content (AvgIpc) is 3.06. The van der Waals surface area contributed by atoms with E-state index in [1.54, 1.807) is 6.07 Å². The molecule has 152 valence electrons. The Morgan fingerprint density at radius 3 is 2.59 bits per heavy atom. The van der Waals surface area contributed by atoms with Gasteiger partial charge in [0.15, 0.2) is 0 Å². The zero-order chi connectivity index (χ0) is 20.5. The van der Waals surface area contributed by atoms with Gasteiger partial charge in [-0.15, -0.1) is 0 Å². The van der Waals surface area contributed by atoms with Gasteiger partial charge in [-0.2, -0.15) is 0 Å². The maximum atomic E-state index is 12.0. The molecule has 1 fully saturated rings. The molecule has 4 rings (SSSR count). The van der Waals surface area contributed by atoms with Gasteiger partial charge in [-0.1, -0.05) is 25.5 Å². The molecule has 5 nitrogen and oxygen atoms in total. The molecule has 29 heavy (non-hydrogen) atoms. The summed E-state index contributed by atoms with van der Waals surface area (Å²) in [5, 5.41) is 10.8. The van der Waals surface area contributed by atoms with Crippen LogP contribution in [0.15, 0.2) is 36.5 Å². The van der Waals surface area contributed by atoms with Gasteiger partial charge in [0.05, 0.1) is 17.8 Å². The summed E-state index contributed by atoms with van der Waals surface area (Å²) < 4.78 is 1.93. The molecule has 1 N–H and O–H groups in total. The van der Waals surface area contributed by atoms with E-state index in [1.165, 1.54) is 30.5 Å². The number of aryl methyl sites for hydroxylation is 1. The van der Waals surface area contributed by atoms with Crippen LogP contribution in [0.5, 0.6) is 0 Å². The van der Waals surface area contributed by atoms with Crippen LogP contribution in [-0.4, -0.2) is 33.7 Å². The predicted octanol–water partition coefficient (Wildman–Crippen LogP) is 5.20. The van der Waals surface area contributed by atoms with Gasteiger partial charge in [0.1, 0.15) is 5.69 Å². The van der Waals surface area contributed by atoms with E-state index >= 15 is 0 Å². The summed E-state index contributed by atoms with van der Waals surface area (Å²) in [5.41, 5.74) is 5.73. The highest BCUT2D eigenvalue weighted by atomic mass is 16.4. The minimum absolute atomic E-state index is 0.306. The summed E-state index contributed by atoms with van der Waals surface area (Å²) >= 11 is 0. The fourth-order valence-electron chi connectivity index (χ4n) is 4.45. The maximum Gasteiger partial charge on any atom is 0.352 e. The van der Waals surface area contributed by atoms with Crippen LogP contribution in [0.3, 0.4) is 0 Å². The maximum absolute atomic E-state index is 12.0. The Hall–Kier alpha value is -2.82. The third-order valence-electron chi connectivity index (χ3n) is 5.85. The number of fused-ring (bicyclic) bond motifs is 1. The van der Waals surface area contributed by atoms with Crippen molar-refractivity contribution in [3.63, 3.8) is 0 Å². The first-order valence-corrected chi connectivity index (χ1v) is 10.5. The van der Waals surface area contributed by atoms with Crippen molar-refractivity contribution in [2.75, 3.05) is 18.0 Å². The quantitative estimate of drug-likeness (QED) is 0.649. The van der Waals surface area contributed by atoms with Crippen LogP contribution in [-0.2, 0) is 6.54 Å². The monoisotopic (exact) mass is 391 g/mol. The number of anilines is 1. The van der Waals surface area contributed by atoms with Crippen LogP contribution in [0, 0.1) is 6.92 Å². The van der Waals surface area contributed by atoms with Crippen LogP contribution in [0.1, 0.15) is 66.3 Å². The standard InChI is InChI=1S/C24H29N3O2/c1-16(2)21-12-17(3)11-18-13-22(24(28)29)27(23(18)21)15-19-14-20(7-8-25-19)26-9-5-4-6-10-26/h7-8,11-14,16H,4-6,9-10,15H2,1-3H3,(H,28,29). The van der Waals surface area contributed by atoms with Gasteiger partial charge in [-0.25, -0.2) is 4.79 Å². The topological polar surface area (TPSA) is 58.4 Å². The summed E-state index contributed by atoms with van der Waals surface area (Å²) in [6.07, 6.45) is 5.59. The number of hydrogen-bond acceptors (Lipinski definition) is 3. The number of carboxylic acid groups (broad SMARTS) is 1. The SMILES string of the molecule is Cc1cc(C(C)C)c2c(c1)cc(C(=O)O)n2Cc1cc(N2CCCCC2)ccn1. The highest BCUT2D eigenvalue weighted by molar-refractivity contribution is 5.96. The third kappa shape index (κ3) is 3.86. The molecule has 1 aliphatic heterocycles. The van der Waals surface area contributed by atoms with E-state index in [-0.39, 0.29) is 0 Å². The van der Waals surface area contributed by atoms with Gasteiger partial charge in [-0.3, -0.25) is 4.98 Å². The molecule has 0 bridgehead atoms. The minimum atomic E-state index is -0.902. The fraction of sp³-hybridized carbons (Fsp3) is 0.417. The van der Waals surface area contributed by atoms with Crippen molar-refractivity contribution in [1.29, 1.82) is 0 Å². The molecule has 2 aromatic heterocycles. The molecular weight excluding hydrogens is 362 g/mol. The smallest absolute Gasteiger partial charge is 0.352 e. The van der Waals surface area contributed by atoms with Crippen LogP contribution >= 0.6 is 0 Å². The molecule has 0 aliphatic carbocycles. The van der Waals surface area contributed by atoms with E-state index < -0.39 is 5.97 Å². The zero-order valence-corrected chi connectivity index (χ0v) is 17.5. The van der Waals surface area contributed by atoms with E-state index in [9.17, 15) is 9.90 Å². The van der Waals surface area contributed by atoms with Crippen LogP contribution in [0.25, 0.3) is 10.9 Å². The molecule has 5 heteroatoms. The molecule has 0 radical (unpaired) electrons. The van der Waals surface area contributed by atoms with E-state index in [1.807, 2.05) is 10.8 Å². The summed E-state index contributed by atoms with van der Waals surface area (Å²) in [7, 11) is 0. The lowest BCUT2D eigenvalue weighted by Gasteiger charge is -2.29. The van der Waals surface area contributed by atoms with E-state index in [0.29, 0.717) is 18.2 Å². The first kappa shape index (κ1) is 19.5. The number of carbonyl (C=O) groups is 1. The highest BCUT2D eigenvalue weighted by Gasteiger charge is 2.20. The summed E-state index contributed by atoms with van der Waals surface area (Å²) in [6, 6.07) is 10.2. The lowest BCUT2D eigenvalue weighted by molar-refractivity contribution is 0.0686. The third-order valence-corrected chi connectivity index (χ3v) is 5.85. The first-order chi connectivity index (χ1) is 13.9. The number of nitrogens with zero attached hydrogens (tertiary/aromatic N) is 3. The summed E-state index contributed by atoms with van der Waals surface area (Å²) in [4.78, 5) is 19.0. The van der Waals surface area contributed by atoms with Gasteiger partial charge in [0.25, 0.3) is 0 Å². The normalized spacial score (nSPS) is 14.7. The predicted molar refractivity (Wildman–Crippen MR) is 117 cm³/mol. The number of aromatic carboxylic acids is 1. The highest BCUT2D eigenvalue weighted by Crippen LogP contribution is 2.31. The number of piperidine rings is 1. The van der Waals surface area contributed by atoms with E-state index in [0.717, 1.165) is 35.2 Å². The Morgan fingerprint density at radius 1 is 1.14 bits per heavy atom. The molecule has 3 aromatic rings. The number of carboxylic acids is 1. The lowest BCUT2D eigenvalue weighted by atomic mass is 9.98. The largest absolute Gasteiger partial charge is 0.477 e.